The first-order chi connectivity index (χ1) is 7.52. The summed E-state index contributed by atoms with van der Waals surface area (Å²) in [6, 6.07) is 2.88. The molecule has 0 saturated carbocycles. The number of pyridine rings is 1. The second kappa shape index (κ2) is 5.19. The second-order valence-electron chi connectivity index (χ2n) is 2.84. The lowest BCUT2D eigenvalue weighted by atomic mass is 10.2. The number of rotatable bonds is 4. The molecule has 0 bridgehead atoms. The molecule has 2 atom stereocenters. The Hall–Kier alpha value is -1.99. The van der Waals surface area contributed by atoms with Crippen LogP contribution in [-0.4, -0.2) is 44.5 Å². The summed E-state index contributed by atoms with van der Waals surface area (Å²) in [6.07, 6.45) is -1.71. The molecule has 0 unspecified atom stereocenters. The lowest BCUT2D eigenvalue weighted by Gasteiger charge is -2.12. The van der Waals surface area contributed by atoms with Gasteiger partial charge in [0.1, 0.15) is 5.75 Å². The average molecular weight is 227 g/mol. The third-order valence-corrected chi connectivity index (χ3v) is 1.65. The third-order valence-electron chi connectivity index (χ3n) is 1.65. The van der Waals surface area contributed by atoms with E-state index in [0.29, 0.717) is 0 Å². The van der Waals surface area contributed by atoms with Gasteiger partial charge in [-0.2, -0.15) is 0 Å². The number of carbonyl (C=O) groups is 2. The molecule has 7 heteroatoms. The van der Waals surface area contributed by atoms with Crippen LogP contribution in [0.15, 0.2) is 24.5 Å². The van der Waals surface area contributed by atoms with E-state index < -0.39 is 24.1 Å². The van der Waals surface area contributed by atoms with Crippen molar-refractivity contribution in [2.45, 2.75) is 12.2 Å². The minimum atomic E-state index is -2.22. The Bertz CT molecular complexity index is 379. The number of aromatic nitrogens is 1. The van der Waals surface area contributed by atoms with Crippen LogP contribution in [0.4, 0.5) is 0 Å². The zero-order chi connectivity index (χ0) is 12.1. The van der Waals surface area contributed by atoms with Gasteiger partial charge in [0.05, 0.1) is 6.20 Å². The first-order valence-electron chi connectivity index (χ1n) is 4.23. The highest BCUT2D eigenvalue weighted by Crippen LogP contribution is 2.08. The Morgan fingerprint density at radius 2 is 2.00 bits per heavy atom. The van der Waals surface area contributed by atoms with Crippen LogP contribution in [0.5, 0.6) is 5.75 Å². The summed E-state index contributed by atoms with van der Waals surface area (Å²) >= 11 is 0. The largest absolute Gasteiger partial charge is 0.479 e. The van der Waals surface area contributed by atoms with Crippen molar-refractivity contribution in [3.63, 3.8) is 0 Å². The van der Waals surface area contributed by atoms with Crippen LogP contribution in [0.1, 0.15) is 0 Å². The number of esters is 1. The van der Waals surface area contributed by atoms with E-state index in [1.807, 2.05) is 0 Å². The van der Waals surface area contributed by atoms with Crippen molar-refractivity contribution in [3.05, 3.63) is 24.5 Å². The average Bonchev–Trinajstić information content (AvgIpc) is 2.28. The highest BCUT2D eigenvalue weighted by Gasteiger charge is 2.31. The van der Waals surface area contributed by atoms with E-state index in [4.69, 9.17) is 15.3 Å². The van der Waals surface area contributed by atoms with Gasteiger partial charge in [0, 0.05) is 6.20 Å². The maximum atomic E-state index is 11.1. The monoisotopic (exact) mass is 227 g/mol. The van der Waals surface area contributed by atoms with Crippen molar-refractivity contribution in [2.24, 2.45) is 0 Å². The Labute approximate surface area is 89.9 Å². The van der Waals surface area contributed by atoms with Crippen LogP contribution in [0.25, 0.3) is 0 Å². The summed E-state index contributed by atoms with van der Waals surface area (Å²) in [7, 11) is 0. The summed E-state index contributed by atoms with van der Waals surface area (Å²) in [6.45, 7) is 0. The number of carboxylic acid groups (broad SMARTS) is 1. The van der Waals surface area contributed by atoms with E-state index in [0.717, 1.165) is 0 Å². The van der Waals surface area contributed by atoms with Gasteiger partial charge in [0.25, 0.3) is 0 Å². The lowest BCUT2D eigenvalue weighted by molar-refractivity contribution is -0.164. The van der Waals surface area contributed by atoms with E-state index in [1.54, 1.807) is 0 Å². The third kappa shape index (κ3) is 3.01. The maximum absolute atomic E-state index is 11.1. The molecule has 0 radical (unpaired) electrons. The first-order valence-corrected chi connectivity index (χ1v) is 4.23. The zero-order valence-corrected chi connectivity index (χ0v) is 7.98. The van der Waals surface area contributed by atoms with Gasteiger partial charge in [-0.15, -0.1) is 0 Å². The molecule has 86 valence electrons. The van der Waals surface area contributed by atoms with Crippen molar-refractivity contribution >= 4 is 11.9 Å². The zero-order valence-electron chi connectivity index (χ0n) is 7.98. The summed E-state index contributed by atoms with van der Waals surface area (Å²) in [5.74, 6) is -2.93. The summed E-state index contributed by atoms with van der Waals surface area (Å²) in [5.41, 5.74) is 0. The number of nitrogens with zero attached hydrogens (tertiary/aromatic N) is 1. The van der Waals surface area contributed by atoms with Gasteiger partial charge in [-0.25, -0.2) is 9.59 Å². The molecule has 7 nitrogen and oxygen atoms in total. The van der Waals surface area contributed by atoms with E-state index in [9.17, 15) is 9.59 Å². The lowest BCUT2D eigenvalue weighted by Crippen LogP contribution is -2.41. The van der Waals surface area contributed by atoms with E-state index in [-0.39, 0.29) is 5.75 Å². The number of hydrogen-bond acceptors (Lipinski definition) is 6. The molecular weight excluding hydrogens is 218 g/mol. The van der Waals surface area contributed by atoms with Crippen LogP contribution in [0, 0.1) is 0 Å². The number of carbonyl (C=O) groups excluding carboxylic acids is 1. The van der Waals surface area contributed by atoms with E-state index >= 15 is 0 Å². The Morgan fingerprint density at radius 1 is 1.31 bits per heavy atom. The smallest absolute Gasteiger partial charge is 0.343 e. The van der Waals surface area contributed by atoms with Crippen LogP contribution in [-0.2, 0) is 9.59 Å². The highest BCUT2D eigenvalue weighted by molar-refractivity contribution is 5.85. The van der Waals surface area contributed by atoms with Crippen LogP contribution >= 0.6 is 0 Å². The van der Waals surface area contributed by atoms with Crippen LogP contribution in [0.3, 0.4) is 0 Å². The molecule has 3 N–H and O–H groups in total. The molecule has 1 aromatic rings. The number of aliphatic hydroxyl groups excluding tert-OH is 2. The predicted octanol–water partition coefficient (Wildman–Crippen LogP) is -1.21. The van der Waals surface area contributed by atoms with Gasteiger partial charge in [-0.3, -0.25) is 4.98 Å². The highest BCUT2D eigenvalue weighted by atomic mass is 16.6. The minimum Gasteiger partial charge on any atom is -0.479 e. The summed E-state index contributed by atoms with van der Waals surface area (Å²) < 4.78 is 4.57. The normalized spacial score (nSPS) is 13.9. The molecule has 0 aliphatic heterocycles. The van der Waals surface area contributed by atoms with Crippen molar-refractivity contribution in [2.75, 3.05) is 0 Å². The van der Waals surface area contributed by atoms with Gasteiger partial charge in [-0.05, 0) is 12.1 Å². The molecular formula is C9H9NO6. The molecule has 0 spiro atoms. The predicted molar refractivity (Wildman–Crippen MR) is 49.5 cm³/mol. The topological polar surface area (TPSA) is 117 Å². The number of ether oxygens (including phenoxy) is 1. The second-order valence-corrected chi connectivity index (χ2v) is 2.84. The Kier molecular flexibility index (Phi) is 3.92. The van der Waals surface area contributed by atoms with Crippen molar-refractivity contribution in [3.8, 4) is 5.75 Å². The minimum absolute atomic E-state index is 0.0455. The Balaban J connectivity index is 2.63. The molecule has 0 aromatic carbocycles. The molecule has 0 saturated heterocycles. The molecule has 16 heavy (non-hydrogen) atoms. The van der Waals surface area contributed by atoms with Gasteiger partial charge in [0.15, 0.2) is 12.2 Å². The molecule has 0 fully saturated rings. The van der Waals surface area contributed by atoms with Crippen LogP contribution < -0.4 is 4.74 Å². The fraction of sp³-hybridized carbons (Fsp3) is 0.222. The maximum Gasteiger partial charge on any atom is 0.343 e. The van der Waals surface area contributed by atoms with E-state index in [2.05, 4.69) is 9.72 Å². The number of aliphatic hydroxyl groups is 2. The van der Waals surface area contributed by atoms with Gasteiger partial charge in [-0.1, -0.05) is 0 Å². The van der Waals surface area contributed by atoms with Crippen molar-refractivity contribution in [1.82, 2.24) is 4.98 Å². The SMILES string of the molecule is O=C(Oc1cccnc1)[C@@H](O)[C@@H](O)C(=O)O. The van der Waals surface area contributed by atoms with Gasteiger partial charge < -0.3 is 20.1 Å². The summed E-state index contributed by atoms with van der Waals surface area (Å²) in [5, 5.41) is 26.3. The van der Waals surface area contributed by atoms with Gasteiger partial charge >= 0.3 is 11.9 Å². The molecule has 0 aliphatic carbocycles. The number of carboxylic acids is 1. The molecule has 1 heterocycles. The summed E-state index contributed by atoms with van der Waals surface area (Å²) in [4.78, 5) is 25.0. The van der Waals surface area contributed by atoms with Crippen molar-refractivity contribution < 1.29 is 29.6 Å². The van der Waals surface area contributed by atoms with Crippen molar-refractivity contribution in [1.29, 1.82) is 0 Å². The number of aliphatic carboxylic acids is 1. The first kappa shape index (κ1) is 12.1. The van der Waals surface area contributed by atoms with Crippen LogP contribution in [0.2, 0.25) is 0 Å². The molecule has 1 aromatic heterocycles. The fourth-order valence-corrected chi connectivity index (χ4v) is 0.848. The number of hydrogen-bond donors (Lipinski definition) is 3. The molecule has 0 amide bonds. The van der Waals surface area contributed by atoms with Gasteiger partial charge in [0.2, 0.25) is 0 Å². The Morgan fingerprint density at radius 3 is 2.50 bits per heavy atom. The molecule has 1 rings (SSSR count). The van der Waals surface area contributed by atoms with E-state index in [1.165, 1.54) is 24.5 Å². The molecule has 0 aliphatic rings. The fourth-order valence-electron chi connectivity index (χ4n) is 0.848. The standard InChI is InChI=1S/C9H9NO6/c11-6(8(13)14)7(12)9(15)16-5-2-1-3-10-4-5/h1-4,6-7,11-12H,(H,13,14)/t6-,7+/m1/s1. The quantitative estimate of drug-likeness (QED) is 0.552.